The van der Waals surface area contributed by atoms with Crippen LogP contribution in [0, 0.1) is 5.82 Å². The normalized spacial score (nSPS) is 11.7. The zero-order valence-electron chi connectivity index (χ0n) is 16.0. The van der Waals surface area contributed by atoms with Crippen molar-refractivity contribution in [2.75, 3.05) is 0 Å². The van der Waals surface area contributed by atoms with E-state index in [9.17, 15) is 9.18 Å². The van der Waals surface area contributed by atoms with Gasteiger partial charge in [0.15, 0.2) is 0 Å². The number of halogens is 1. The first-order chi connectivity index (χ1) is 13.3. The number of rotatable bonds is 2. The molecule has 4 aromatic rings. The molecule has 0 aliphatic carbocycles. The molecular weight excluding hydrogens is 353 g/mol. The second kappa shape index (κ2) is 6.68. The van der Waals surface area contributed by atoms with Crippen molar-refractivity contribution in [3.8, 4) is 22.4 Å². The third-order valence-corrected chi connectivity index (χ3v) is 4.77. The first kappa shape index (κ1) is 18.0. The van der Waals surface area contributed by atoms with E-state index in [1.807, 2.05) is 12.1 Å². The van der Waals surface area contributed by atoms with Gasteiger partial charge in [-0.05, 0) is 47.4 Å². The van der Waals surface area contributed by atoms with E-state index < -0.39 is 0 Å². The average Bonchev–Trinajstić information content (AvgIpc) is 2.67. The molecule has 4 rings (SSSR count). The molecule has 0 radical (unpaired) electrons. The molecule has 0 saturated carbocycles. The molecule has 0 spiro atoms. The van der Waals surface area contributed by atoms with Crippen molar-refractivity contribution in [2.45, 2.75) is 26.2 Å². The lowest BCUT2D eigenvalue weighted by atomic mass is 9.85. The molecular formula is C23H20FN3O. The van der Waals surface area contributed by atoms with Crippen molar-refractivity contribution in [1.29, 1.82) is 0 Å². The summed E-state index contributed by atoms with van der Waals surface area (Å²) in [5, 5.41) is 0. The maximum atomic E-state index is 14.2. The van der Waals surface area contributed by atoms with E-state index in [-0.39, 0.29) is 16.8 Å². The molecule has 2 aromatic heterocycles. The molecule has 0 saturated heterocycles. The van der Waals surface area contributed by atoms with Crippen LogP contribution in [0.1, 0.15) is 26.3 Å². The summed E-state index contributed by atoms with van der Waals surface area (Å²) >= 11 is 0. The average molecular weight is 373 g/mol. The van der Waals surface area contributed by atoms with Gasteiger partial charge in [-0.15, -0.1) is 0 Å². The Labute approximate surface area is 162 Å². The van der Waals surface area contributed by atoms with Gasteiger partial charge in [0.2, 0.25) is 0 Å². The maximum absolute atomic E-state index is 14.2. The molecule has 4 nitrogen and oxygen atoms in total. The third kappa shape index (κ3) is 3.20. The molecule has 2 aromatic carbocycles. The number of fused-ring (bicyclic) bond motifs is 1. The number of pyridine rings is 1. The summed E-state index contributed by atoms with van der Waals surface area (Å²) in [6, 6.07) is 14.0. The Bertz CT molecular complexity index is 1240. The first-order valence-corrected chi connectivity index (χ1v) is 9.09. The zero-order valence-corrected chi connectivity index (χ0v) is 16.0. The van der Waals surface area contributed by atoms with Crippen LogP contribution in [0.4, 0.5) is 4.39 Å². The summed E-state index contributed by atoms with van der Waals surface area (Å²) < 4.78 is 14.2. The standard InChI is InChI=1S/C23H20FN3O/c1-23(2,3)14-11-17(15-8-6-10-25-22(15)28)21-19(12-14)27-20(13-26-21)16-7-4-5-9-18(16)24/h4-13H,1-3H3,(H,25,28). The van der Waals surface area contributed by atoms with Gasteiger partial charge >= 0.3 is 0 Å². The van der Waals surface area contributed by atoms with Crippen LogP contribution in [0.15, 0.2) is 65.7 Å². The molecule has 0 bridgehead atoms. The van der Waals surface area contributed by atoms with Gasteiger partial charge in [-0.3, -0.25) is 9.78 Å². The minimum Gasteiger partial charge on any atom is -0.329 e. The van der Waals surface area contributed by atoms with E-state index in [1.54, 1.807) is 42.7 Å². The van der Waals surface area contributed by atoms with E-state index in [2.05, 4.69) is 35.7 Å². The number of hydrogen-bond donors (Lipinski definition) is 1. The minimum absolute atomic E-state index is 0.153. The first-order valence-electron chi connectivity index (χ1n) is 9.09. The van der Waals surface area contributed by atoms with Gasteiger partial charge in [0.05, 0.1) is 22.9 Å². The summed E-state index contributed by atoms with van der Waals surface area (Å²) in [7, 11) is 0. The summed E-state index contributed by atoms with van der Waals surface area (Å²) in [5.74, 6) is -0.345. The second-order valence-electron chi connectivity index (χ2n) is 7.79. The van der Waals surface area contributed by atoms with E-state index in [1.165, 1.54) is 6.07 Å². The molecule has 0 aliphatic rings. The highest BCUT2D eigenvalue weighted by Gasteiger charge is 2.20. The number of benzene rings is 2. The van der Waals surface area contributed by atoms with Crippen LogP contribution >= 0.6 is 0 Å². The van der Waals surface area contributed by atoms with Gasteiger partial charge in [-0.2, -0.15) is 0 Å². The van der Waals surface area contributed by atoms with E-state index in [0.29, 0.717) is 27.9 Å². The van der Waals surface area contributed by atoms with Crippen LogP contribution in [0.5, 0.6) is 0 Å². The van der Waals surface area contributed by atoms with Gasteiger partial charge in [0.25, 0.3) is 5.56 Å². The van der Waals surface area contributed by atoms with Crippen LogP contribution in [0.2, 0.25) is 0 Å². The van der Waals surface area contributed by atoms with Crippen molar-refractivity contribution in [3.05, 3.63) is 82.7 Å². The monoisotopic (exact) mass is 373 g/mol. The minimum atomic E-state index is -0.345. The second-order valence-corrected chi connectivity index (χ2v) is 7.79. The molecule has 140 valence electrons. The molecule has 1 N–H and O–H groups in total. The Kier molecular flexibility index (Phi) is 4.30. The summed E-state index contributed by atoms with van der Waals surface area (Å²) in [6.45, 7) is 6.30. The lowest BCUT2D eigenvalue weighted by Gasteiger charge is -2.21. The molecule has 0 amide bonds. The largest absolute Gasteiger partial charge is 0.329 e. The van der Waals surface area contributed by atoms with Crippen LogP contribution < -0.4 is 5.56 Å². The quantitative estimate of drug-likeness (QED) is 0.532. The highest BCUT2D eigenvalue weighted by molar-refractivity contribution is 5.93. The molecule has 0 fully saturated rings. The molecule has 5 heteroatoms. The number of H-pyrrole nitrogens is 1. The molecule has 0 aliphatic heterocycles. The Morgan fingerprint density at radius 2 is 1.71 bits per heavy atom. The van der Waals surface area contributed by atoms with Crippen molar-refractivity contribution >= 4 is 11.0 Å². The Morgan fingerprint density at radius 1 is 0.964 bits per heavy atom. The number of nitrogens with one attached hydrogen (secondary N) is 1. The van der Waals surface area contributed by atoms with Crippen LogP contribution in [-0.4, -0.2) is 15.0 Å². The summed E-state index contributed by atoms with van der Waals surface area (Å²) in [4.78, 5) is 24.4. The van der Waals surface area contributed by atoms with Crippen LogP contribution in [0.3, 0.4) is 0 Å². The lowest BCUT2D eigenvalue weighted by molar-refractivity contribution is 0.591. The van der Waals surface area contributed by atoms with Gasteiger partial charge in [0.1, 0.15) is 5.82 Å². The molecule has 0 unspecified atom stereocenters. The highest BCUT2D eigenvalue weighted by Crippen LogP contribution is 2.33. The van der Waals surface area contributed by atoms with E-state index >= 15 is 0 Å². The lowest BCUT2D eigenvalue weighted by Crippen LogP contribution is -2.13. The predicted octanol–water partition coefficient (Wildman–Crippen LogP) is 5.09. The van der Waals surface area contributed by atoms with Crippen LogP contribution in [-0.2, 0) is 5.41 Å². The Hall–Kier alpha value is -3.34. The summed E-state index contributed by atoms with van der Waals surface area (Å²) in [5.41, 5.74) is 4.05. The van der Waals surface area contributed by atoms with Crippen molar-refractivity contribution in [2.24, 2.45) is 0 Å². The zero-order chi connectivity index (χ0) is 19.9. The number of hydrogen-bond acceptors (Lipinski definition) is 3. The fourth-order valence-corrected chi connectivity index (χ4v) is 3.20. The number of nitrogens with zero attached hydrogens (tertiary/aromatic N) is 2. The van der Waals surface area contributed by atoms with E-state index in [4.69, 9.17) is 0 Å². The number of aromatic nitrogens is 3. The van der Waals surface area contributed by atoms with Gasteiger partial charge in [-0.25, -0.2) is 9.37 Å². The van der Waals surface area contributed by atoms with Gasteiger partial charge in [-0.1, -0.05) is 32.9 Å². The maximum Gasteiger partial charge on any atom is 0.255 e. The smallest absolute Gasteiger partial charge is 0.255 e. The van der Waals surface area contributed by atoms with Crippen LogP contribution in [0.25, 0.3) is 33.4 Å². The van der Waals surface area contributed by atoms with Crippen molar-refractivity contribution < 1.29 is 4.39 Å². The molecule has 2 heterocycles. The fourth-order valence-electron chi connectivity index (χ4n) is 3.20. The van der Waals surface area contributed by atoms with Crippen molar-refractivity contribution in [3.63, 3.8) is 0 Å². The number of aromatic amines is 1. The molecule has 0 atom stereocenters. The predicted molar refractivity (Wildman–Crippen MR) is 110 cm³/mol. The Balaban J connectivity index is 2.03. The topological polar surface area (TPSA) is 58.6 Å². The third-order valence-electron chi connectivity index (χ3n) is 4.77. The fraction of sp³-hybridized carbons (Fsp3) is 0.174. The molecule has 28 heavy (non-hydrogen) atoms. The Morgan fingerprint density at radius 3 is 2.43 bits per heavy atom. The summed E-state index contributed by atoms with van der Waals surface area (Å²) in [6.07, 6.45) is 3.15. The van der Waals surface area contributed by atoms with Gasteiger partial charge in [0, 0.05) is 22.9 Å². The van der Waals surface area contributed by atoms with E-state index in [0.717, 1.165) is 11.1 Å². The highest BCUT2D eigenvalue weighted by atomic mass is 19.1. The van der Waals surface area contributed by atoms with Crippen molar-refractivity contribution in [1.82, 2.24) is 15.0 Å². The van der Waals surface area contributed by atoms with Gasteiger partial charge < -0.3 is 4.98 Å². The SMILES string of the molecule is CC(C)(C)c1cc(-c2ccc[nH]c2=O)c2ncc(-c3ccccc3F)nc2c1.